The van der Waals surface area contributed by atoms with Gasteiger partial charge >= 0.3 is 0 Å². The van der Waals surface area contributed by atoms with Gasteiger partial charge in [0.1, 0.15) is 12.4 Å². The van der Waals surface area contributed by atoms with E-state index in [9.17, 15) is 4.79 Å². The van der Waals surface area contributed by atoms with Gasteiger partial charge in [-0.05, 0) is 74.0 Å². The highest BCUT2D eigenvalue weighted by Gasteiger charge is 2.47. The lowest BCUT2D eigenvalue weighted by Crippen LogP contribution is -2.35. The van der Waals surface area contributed by atoms with Gasteiger partial charge in [0.2, 0.25) is 0 Å². The van der Waals surface area contributed by atoms with Crippen molar-refractivity contribution in [3.63, 3.8) is 0 Å². The topological polar surface area (TPSA) is 41.6 Å². The van der Waals surface area contributed by atoms with Gasteiger partial charge in [0, 0.05) is 16.8 Å². The number of amides is 1. The number of thiophene rings is 1. The first-order valence-electron chi connectivity index (χ1n) is 9.66. The lowest BCUT2D eigenvalue weighted by Gasteiger charge is -2.20. The average molecular weight is 395 g/mol. The number of likely N-dealkylation sites (N-methyl/N-ethyl adjacent to an activating group) is 1. The molecule has 1 saturated carbocycles. The van der Waals surface area contributed by atoms with E-state index >= 15 is 0 Å². The van der Waals surface area contributed by atoms with E-state index in [1.807, 2.05) is 39.2 Å². The minimum atomic E-state index is -0.240. The fourth-order valence-electron chi connectivity index (χ4n) is 3.52. The van der Waals surface area contributed by atoms with E-state index in [4.69, 9.17) is 4.74 Å². The lowest BCUT2D eigenvalue weighted by atomic mass is 10.0. The molecule has 0 radical (unpaired) electrons. The van der Waals surface area contributed by atoms with Crippen LogP contribution >= 0.6 is 11.3 Å². The van der Waals surface area contributed by atoms with Crippen LogP contribution < -0.4 is 10.1 Å². The van der Waals surface area contributed by atoms with Crippen LogP contribution in [0.1, 0.15) is 34.3 Å². The number of nitrogens with one attached hydrogen (secondary N) is 1. The molecular weight excluding hydrogens is 368 g/mol. The summed E-state index contributed by atoms with van der Waals surface area (Å²) < 4.78 is 7.10. The van der Waals surface area contributed by atoms with Crippen LogP contribution in [0.2, 0.25) is 0 Å². The standard InChI is InChI=1S/C23H26N2O2S/c1-16-7-8-18(27-13-12-25(2)3)15-19(16)22(26)24-23(10-11-23)20-6-4-5-17-9-14-28-21(17)20/h4-9,14-15H,10-13H2,1-3H3,(H,24,26). The highest BCUT2D eigenvalue weighted by atomic mass is 32.1. The molecule has 2 aromatic carbocycles. The Balaban J connectivity index is 1.54. The van der Waals surface area contributed by atoms with E-state index in [1.165, 1.54) is 15.6 Å². The summed E-state index contributed by atoms with van der Waals surface area (Å²) in [6, 6.07) is 14.3. The molecule has 0 atom stereocenters. The summed E-state index contributed by atoms with van der Waals surface area (Å²) in [5, 5.41) is 6.69. The summed E-state index contributed by atoms with van der Waals surface area (Å²) in [7, 11) is 4.03. The Morgan fingerprint density at radius 3 is 2.79 bits per heavy atom. The Morgan fingerprint density at radius 1 is 1.21 bits per heavy atom. The van der Waals surface area contributed by atoms with E-state index in [0.717, 1.165) is 30.7 Å². The zero-order valence-electron chi connectivity index (χ0n) is 16.6. The van der Waals surface area contributed by atoms with Gasteiger partial charge in [-0.15, -0.1) is 11.3 Å². The molecule has 1 aromatic heterocycles. The van der Waals surface area contributed by atoms with Crippen LogP contribution in [0, 0.1) is 6.92 Å². The fraction of sp³-hybridized carbons (Fsp3) is 0.348. The van der Waals surface area contributed by atoms with Gasteiger partial charge < -0.3 is 15.0 Å². The van der Waals surface area contributed by atoms with Gasteiger partial charge in [0.25, 0.3) is 5.91 Å². The van der Waals surface area contributed by atoms with Gasteiger partial charge in [-0.3, -0.25) is 4.79 Å². The number of rotatable bonds is 7. The van der Waals surface area contributed by atoms with Crippen molar-refractivity contribution in [2.45, 2.75) is 25.3 Å². The highest BCUT2D eigenvalue weighted by molar-refractivity contribution is 7.17. The zero-order chi connectivity index (χ0) is 19.7. The van der Waals surface area contributed by atoms with Crippen LogP contribution in [-0.4, -0.2) is 38.1 Å². The molecule has 0 aliphatic heterocycles. The molecule has 28 heavy (non-hydrogen) atoms. The largest absolute Gasteiger partial charge is 0.492 e. The average Bonchev–Trinajstić information content (AvgIpc) is 3.27. The van der Waals surface area contributed by atoms with Gasteiger partial charge in [-0.2, -0.15) is 0 Å². The third kappa shape index (κ3) is 3.77. The van der Waals surface area contributed by atoms with Crippen LogP contribution in [0.3, 0.4) is 0 Å². The Hall–Kier alpha value is -2.37. The first kappa shape index (κ1) is 19.0. The molecule has 146 valence electrons. The summed E-state index contributed by atoms with van der Waals surface area (Å²) in [5.74, 6) is 0.712. The molecule has 1 fully saturated rings. The molecule has 4 nitrogen and oxygen atoms in total. The third-order valence-electron chi connectivity index (χ3n) is 5.36. The van der Waals surface area contributed by atoms with E-state index in [1.54, 1.807) is 11.3 Å². The number of carbonyl (C=O) groups excluding carboxylic acids is 1. The Kier molecular flexibility index (Phi) is 5.13. The van der Waals surface area contributed by atoms with Crippen molar-refractivity contribution in [2.75, 3.05) is 27.2 Å². The van der Waals surface area contributed by atoms with Crippen molar-refractivity contribution in [3.05, 3.63) is 64.5 Å². The summed E-state index contributed by atoms with van der Waals surface area (Å²) in [6.07, 6.45) is 1.96. The van der Waals surface area contributed by atoms with Crippen molar-refractivity contribution in [2.24, 2.45) is 0 Å². The van der Waals surface area contributed by atoms with Gasteiger partial charge in [-0.25, -0.2) is 0 Å². The molecule has 1 heterocycles. The molecule has 1 aliphatic rings. The maximum absolute atomic E-state index is 13.1. The van der Waals surface area contributed by atoms with Gasteiger partial charge in [0.15, 0.2) is 0 Å². The smallest absolute Gasteiger partial charge is 0.252 e. The predicted molar refractivity (Wildman–Crippen MR) is 115 cm³/mol. The molecule has 0 spiro atoms. The number of ether oxygens (including phenoxy) is 1. The summed E-state index contributed by atoms with van der Waals surface area (Å²) in [6.45, 7) is 3.41. The fourth-order valence-corrected chi connectivity index (χ4v) is 4.54. The van der Waals surface area contributed by atoms with Crippen molar-refractivity contribution < 1.29 is 9.53 Å². The normalized spacial score (nSPS) is 15.0. The Bertz CT molecular complexity index is 1000. The van der Waals surface area contributed by atoms with Crippen molar-refractivity contribution in [3.8, 4) is 5.75 Å². The van der Waals surface area contributed by atoms with Crippen LogP contribution in [-0.2, 0) is 5.54 Å². The van der Waals surface area contributed by atoms with Crippen LogP contribution in [0.4, 0.5) is 0 Å². The second-order valence-corrected chi connectivity index (χ2v) is 8.73. The first-order chi connectivity index (χ1) is 13.5. The van der Waals surface area contributed by atoms with Crippen LogP contribution in [0.25, 0.3) is 10.1 Å². The number of aryl methyl sites for hydroxylation is 1. The van der Waals surface area contributed by atoms with E-state index in [-0.39, 0.29) is 11.4 Å². The molecule has 3 aromatic rings. The van der Waals surface area contributed by atoms with Crippen LogP contribution in [0.5, 0.6) is 5.75 Å². The molecule has 0 saturated heterocycles. The highest BCUT2D eigenvalue weighted by Crippen LogP contribution is 2.49. The van der Waals surface area contributed by atoms with Crippen molar-refractivity contribution >= 4 is 27.3 Å². The number of fused-ring (bicyclic) bond motifs is 1. The van der Waals surface area contributed by atoms with E-state index in [2.05, 4.69) is 39.9 Å². The number of carbonyl (C=O) groups is 1. The second-order valence-electron chi connectivity index (χ2n) is 7.81. The number of benzene rings is 2. The maximum atomic E-state index is 13.1. The van der Waals surface area contributed by atoms with Gasteiger partial charge in [-0.1, -0.05) is 24.3 Å². The SMILES string of the molecule is Cc1ccc(OCCN(C)C)cc1C(=O)NC1(c2cccc3ccsc23)CC1. The number of nitrogens with zero attached hydrogens (tertiary/aromatic N) is 1. The maximum Gasteiger partial charge on any atom is 0.252 e. The molecule has 1 N–H and O–H groups in total. The second kappa shape index (κ2) is 7.57. The minimum absolute atomic E-state index is 0.0263. The number of hydrogen-bond acceptors (Lipinski definition) is 4. The molecular formula is C23H26N2O2S. The number of hydrogen-bond donors (Lipinski definition) is 1. The molecule has 0 unspecified atom stereocenters. The summed E-state index contributed by atoms with van der Waals surface area (Å²) in [5.41, 5.74) is 2.65. The molecule has 0 bridgehead atoms. The molecule has 1 aliphatic carbocycles. The lowest BCUT2D eigenvalue weighted by molar-refractivity contribution is 0.0930. The minimum Gasteiger partial charge on any atom is -0.492 e. The quantitative estimate of drug-likeness (QED) is 0.638. The third-order valence-corrected chi connectivity index (χ3v) is 6.32. The molecule has 1 amide bonds. The van der Waals surface area contributed by atoms with E-state index < -0.39 is 0 Å². The summed E-state index contributed by atoms with van der Waals surface area (Å²) >= 11 is 1.75. The Labute approximate surface area is 170 Å². The van der Waals surface area contributed by atoms with E-state index in [0.29, 0.717) is 12.2 Å². The van der Waals surface area contributed by atoms with Crippen molar-refractivity contribution in [1.29, 1.82) is 0 Å². The monoisotopic (exact) mass is 394 g/mol. The van der Waals surface area contributed by atoms with Crippen LogP contribution in [0.15, 0.2) is 47.8 Å². The Morgan fingerprint density at radius 2 is 2.04 bits per heavy atom. The molecule has 5 heteroatoms. The van der Waals surface area contributed by atoms with Gasteiger partial charge in [0.05, 0.1) is 5.54 Å². The summed E-state index contributed by atoms with van der Waals surface area (Å²) in [4.78, 5) is 15.2. The first-order valence-corrected chi connectivity index (χ1v) is 10.5. The molecule has 4 rings (SSSR count). The predicted octanol–water partition coefficient (Wildman–Crippen LogP) is 4.57. The van der Waals surface area contributed by atoms with Crippen molar-refractivity contribution in [1.82, 2.24) is 10.2 Å². The zero-order valence-corrected chi connectivity index (χ0v) is 17.4.